The zero-order valence-corrected chi connectivity index (χ0v) is 11.8. The van der Waals surface area contributed by atoms with Gasteiger partial charge in [-0.25, -0.2) is 4.98 Å². The molecule has 0 aliphatic carbocycles. The van der Waals surface area contributed by atoms with Gasteiger partial charge in [0, 0.05) is 6.20 Å². The van der Waals surface area contributed by atoms with Crippen LogP contribution in [-0.2, 0) is 0 Å². The second-order valence-corrected chi connectivity index (χ2v) is 4.57. The summed E-state index contributed by atoms with van der Waals surface area (Å²) in [6.07, 6.45) is 1.33. The molecule has 0 atom stereocenters. The molecule has 8 heteroatoms. The predicted octanol–water partition coefficient (Wildman–Crippen LogP) is 4.24. The lowest BCUT2D eigenvalue weighted by molar-refractivity contribution is -0.0495. The lowest BCUT2D eigenvalue weighted by Crippen LogP contribution is -2.15. The third-order valence-electron chi connectivity index (χ3n) is 2.41. The van der Waals surface area contributed by atoms with Gasteiger partial charge in [-0.1, -0.05) is 29.3 Å². The Balaban J connectivity index is 2.26. The summed E-state index contributed by atoms with van der Waals surface area (Å²) in [7, 11) is 0. The van der Waals surface area contributed by atoms with Crippen molar-refractivity contribution < 1.29 is 18.3 Å². The second kappa shape index (κ2) is 6.69. The highest BCUT2D eigenvalue weighted by molar-refractivity contribution is 6.44. The Morgan fingerprint density at radius 2 is 2.00 bits per heavy atom. The monoisotopic (exact) mass is 332 g/mol. The lowest BCUT2D eigenvalue weighted by Gasteiger charge is -2.11. The van der Waals surface area contributed by atoms with Crippen LogP contribution in [0.1, 0.15) is 10.4 Å². The first-order chi connectivity index (χ1) is 9.99. The third-order valence-corrected chi connectivity index (χ3v) is 3.23. The van der Waals surface area contributed by atoms with Gasteiger partial charge in [0.1, 0.15) is 0 Å². The summed E-state index contributed by atoms with van der Waals surface area (Å²) in [6.45, 7) is -3.03. The molecule has 0 saturated heterocycles. The van der Waals surface area contributed by atoms with Crippen molar-refractivity contribution in [1.29, 1.82) is 0 Å². The van der Waals surface area contributed by atoms with E-state index in [2.05, 4.69) is 15.0 Å². The quantitative estimate of drug-likeness (QED) is 0.910. The van der Waals surface area contributed by atoms with Gasteiger partial charge in [-0.05, 0) is 24.3 Å². The number of rotatable bonds is 4. The number of carbonyl (C=O) groups is 1. The highest BCUT2D eigenvalue weighted by Crippen LogP contribution is 2.28. The predicted molar refractivity (Wildman–Crippen MR) is 75.3 cm³/mol. The highest BCUT2D eigenvalue weighted by atomic mass is 35.5. The van der Waals surface area contributed by atoms with Gasteiger partial charge < -0.3 is 10.1 Å². The molecule has 0 fully saturated rings. The zero-order valence-electron chi connectivity index (χ0n) is 10.3. The molecule has 0 bridgehead atoms. The molecule has 1 N–H and O–H groups in total. The first-order valence-corrected chi connectivity index (χ1v) is 6.40. The molecule has 0 aliphatic heterocycles. The smallest absolute Gasteiger partial charge is 0.387 e. The maximum atomic E-state index is 12.3. The highest BCUT2D eigenvalue weighted by Gasteiger charge is 2.16. The van der Waals surface area contributed by atoms with Crippen molar-refractivity contribution in [3.8, 4) is 5.75 Å². The van der Waals surface area contributed by atoms with Crippen molar-refractivity contribution in [2.45, 2.75) is 6.61 Å². The Morgan fingerprint density at radius 1 is 1.24 bits per heavy atom. The van der Waals surface area contributed by atoms with Crippen LogP contribution in [0.2, 0.25) is 10.0 Å². The Hall–Kier alpha value is -1.92. The maximum Gasteiger partial charge on any atom is 0.387 e. The molecule has 21 heavy (non-hydrogen) atoms. The minimum atomic E-state index is -3.03. The number of nitrogens with zero attached hydrogens (tertiary/aromatic N) is 1. The van der Waals surface area contributed by atoms with Crippen LogP contribution in [0, 0.1) is 0 Å². The molecule has 110 valence electrons. The van der Waals surface area contributed by atoms with Crippen LogP contribution in [0.15, 0.2) is 36.5 Å². The number of benzene rings is 1. The van der Waals surface area contributed by atoms with Gasteiger partial charge in [0.15, 0.2) is 11.6 Å². The van der Waals surface area contributed by atoms with E-state index < -0.39 is 12.5 Å². The van der Waals surface area contributed by atoms with Gasteiger partial charge in [-0.2, -0.15) is 8.78 Å². The Morgan fingerprint density at radius 3 is 2.71 bits per heavy atom. The summed E-state index contributed by atoms with van der Waals surface area (Å²) in [5.74, 6) is -1.03. The fourth-order valence-corrected chi connectivity index (χ4v) is 1.92. The zero-order chi connectivity index (χ0) is 15.4. The summed E-state index contributed by atoms with van der Waals surface area (Å²) in [6, 6.07) is 7.17. The van der Waals surface area contributed by atoms with E-state index in [1.54, 1.807) is 0 Å². The number of alkyl halides is 2. The average molecular weight is 333 g/mol. The molecule has 0 unspecified atom stereocenters. The molecule has 0 aliphatic rings. The van der Waals surface area contributed by atoms with Crippen LogP contribution < -0.4 is 10.1 Å². The fourth-order valence-electron chi connectivity index (χ4n) is 1.53. The first kappa shape index (κ1) is 15.5. The van der Waals surface area contributed by atoms with Crippen LogP contribution in [0.3, 0.4) is 0 Å². The third kappa shape index (κ3) is 3.80. The number of carbonyl (C=O) groups excluding carboxylic acids is 1. The minimum absolute atomic E-state index is 0.0592. The average Bonchev–Trinajstić information content (AvgIpc) is 2.43. The number of ether oxygens (including phenoxy) is 1. The number of hydrogen-bond donors (Lipinski definition) is 1. The first-order valence-electron chi connectivity index (χ1n) is 5.64. The van der Waals surface area contributed by atoms with Crippen LogP contribution in [0.25, 0.3) is 0 Å². The number of amides is 1. The summed E-state index contributed by atoms with van der Waals surface area (Å²) in [5.41, 5.74) is 0.0952. The molecular formula is C13H8Cl2F2N2O2. The minimum Gasteiger partial charge on any atom is -0.431 e. The number of anilines is 1. The molecule has 1 heterocycles. The number of nitrogens with one attached hydrogen (secondary N) is 1. The van der Waals surface area contributed by atoms with Gasteiger partial charge in [0.2, 0.25) is 0 Å². The molecule has 2 rings (SSSR count). The summed E-state index contributed by atoms with van der Waals surface area (Å²) >= 11 is 11.7. The SMILES string of the molecule is O=C(Nc1ncccc1OC(F)F)c1cccc(Cl)c1Cl. The van der Waals surface area contributed by atoms with Gasteiger partial charge >= 0.3 is 6.61 Å². The number of aromatic nitrogens is 1. The number of hydrogen-bond acceptors (Lipinski definition) is 3. The standard InChI is InChI=1S/C13H8Cl2F2N2O2/c14-8-4-1-3-7(10(8)15)12(20)19-11-9(21-13(16)17)5-2-6-18-11/h1-6,13H,(H,18,19,20). The molecule has 0 spiro atoms. The normalized spacial score (nSPS) is 10.5. The largest absolute Gasteiger partial charge is 0.431 e. The van der Waals surface area contributed by atoms with Crippen LogP contribution in [0.4, 0.5) is 14.6 Å². The van der Waals surface area contributed by atoms with Gasteiger partial charge in [0.25, 0.3) is 5.91 Å². The van der Waals surface area contributed by atoms with E-state index in [-0.39, 0.29) is 27.2 Å². The van der Waals surface area contributed by atoms with Gasteiger partial charge in [0.05, 0.1) is 15.6 Å². The van der Waals surface area contributed by atoms with E-state index in [1.165, 1.54) is 36.5 Å². The van der Waals surface area contributed by atoms with E-state index in [1.807, 2.05) is 0 Å². The van der Waals surface area contributed by atoms with Crippen LogP contribution in [-0.4, -0.2) is 17.5 Å². The van der Waals surface area contributed by atoms with E-state index in [9.17, 15) is 13.6 Å². The second-order valence-electron chi connectivity index (χ2n) is 3.78. The lowest BCUT2D eigenvalue weighted by atomic mass is 10.2. The summed E-state index contributed by atoms with van der Waals surface area (Å²) in [5, 5.41) is 2.61. The molecule has 1 aromatic heterocycles. The molecular weight excluding hydrogens is 325 g/mol. The maximum absolute atomic E-state index is 12.3. The molecule has 0 saturated carbocycles. The Labute approximate surface area is 128 Å². The fraction of sp³-hybridized carbons (Fsp3) is 0.0769. The van der Waals surface area contributed by atoms with Crippen molar-refractivity contribution in [3.05, 3.63) is 52.1 Å². The van der Waals surface area contributed by atoms with E-state index in [4.69, 9.17) is 23.2 Å². The van der Waals surface area contributed by atoms with Crippen molar-refractivity contribution in [1.82, 2.24) is 4.98 Å². The van der Waals surface area contributed by atoms with E-state index in [0.717, 1.165) is 0 Å². The molecule has 1 amide bonds. The van der Waals surface area contributed by atoms with Gasteiger partial charge in [-0.15, -0.1) is 0 Å². The molecule has 4 nitrogen and oxygen atoms in total. The molecule has 2 aromatic rings. The topological polar surface area (TPSA) is 51.2 Å². The van der Waals surface area contributed by atoms with Crippen LogP contribution in [0.5, 0.6) is 5.75 Å². The van der Waals surface area contributed by atoms with Gasteiger partial charge in [-0.3, -0.25) is 4.79 Å². The van der Waals surface area contributed by atoms with Crippen molar-refractivity contribution in [3.63, 3.8) is 0 Å². The van der Waals surface area contributed by atoms with Crippen molar-refractivity contribution in [2.75, 3.05) is 5.32 Å². The summed E-state index contributed by atoms with van der Waals surface area (Å²) in [4.78, 5) is 15.9. The van der Waals surface area contributed by atoms with Crippen LogP contribution >= 0.6 is 23.2 Å². The number of pyridine rings is 1. The summed E-state index contributed by atoms with van der Waals surface area (Å²) < 4.78 is 28.8. The van der Waals surface area contributed by atoms with Crippen molar-refractivity contribution >= 4 is 34.9 Å². The Bertz CT molecular complexity index is 668. The number of halogens is 4. The van der Waals surface area contributed by atoms with E-state index in [0.29, 0.717) is 0 Å². The van der Waals surface area contributed by atoms with E-state index >= 15 is 0 Å². The molecule has 0 radical (unpaired) electrons. The molecule has 1 aromatic carbocycles. The van der Waals surface area contributed by atoms with Crippen molar-refractivity contribution in [2.24, 2.45) is 0 Å². The Kier molecular flexibility index (Phi) is 4.93.